The number of fused-ring (bicyclic) bond motifs is 1. The van der Waals surface area contributed by atoms with Gasteiger partial charge in [-0.2, -0.15) is 0 Å². The van der Waals surface area contributed by atoms with Crippen molar-refractivity contribution in [3.8, 4) is 0 Å². The Kier molecular flexibility index (Phi) is 2.68. The zero-order valence-electron chi connectivity index (χ0n) is 9.36. The molecule has 0 aromatic carbocycles. The van der Waals surface area contributed by atoms with Crippen molar-refractivity contribution in [2.45, 2.75) is 26.4 Å². The van der Waals surface area contributed by atoms with Crippen LogP contribution in [0.5, 0.6) is 0 Å². The molecule has 0 bridgehead atoms. The molecule has 0 aliphatic carbocycles. The van der Waals surface area contributed by atoms with E-state index in [2.05, 4.69) is 33.7 Å². The van der Waals surface area contributed by atoms with E-state index >= 15 is 0 Å². The summed E-state index contributed by atoms with van der Waals surface area (Å²) in [6.07, 6.45) is 3.62. The Balaban J connectivity index is 2.32. The molecule has 2 aromatic rings. The molecule has 80 valence electrons. The number of nitrogens with one attached hydrogen (secondary N) is 1. The van der Waals surface area contributed by atoms with E-state index in [4.69, 9.17) is 0 Å². The number of imidazole rings is 1. The largest absolute Gasteiger partial charge is 0.329 e. The maximum atomic E-state index is 4.54. The maximum Gasteiger partial charge on any atom is 0.123 e. The van der Waals surface area contributed by atoms with Crippen LogP contribution in [0.15, 0.2) is 18.5 Å². The maximum absolute atomic E-state index is 4.54. The topological polar surface area (TPSA) is 42.7 Å². The molecule has 0 amide bonds. The van der Waals surface area contributed by atoms with Gasteiger partial charge in [0.25, 0.3) is 0 Å². The molecule has 0 saturated heterocycles. The molecule has 1 N–H and O–H groups in total. The summed E-state index contributed by atoms with van der Waals surface area (Å²) in [7, 11) is 2.02. The van der Waals surface area contributed by atoms with Crippen LogP contribution < -0.4 is 5.32 Å². The third-order valence-corrected chi connectivity index (χ3v) is 2.44. The zero-order valence-corrected chi connectivity index (χ0v) is 9.36. The summed E-state index contributed by atoms with van der Waals surface area (Å²) in [4.78, 5) is 8.65. The van der Waals surface area contributed by atoms with Crippen molar-refractivity contribution in [2.24, 2.45) is 7.05 Å². The third kappa shape index (κ3) is 1.99. The zero-order chi connectivity index (χ0) is 10.8. The molecule has 0 radical (unpaired) electrons. The van der Waals surface area contributed by atoms with Crippen LogP contribution in [0.1, 0.15) is 19.7 Å². The molecular weight excluding hydrogens is 188 g/mol. The summed E-state index contributed by atoms with van der Waals surface area (Å²) in [5, 5.41) is 3.36. The fourth-order valence-corrected chi connectivity index (χ4v) is 1.54. The minimum atomic E-state index is 0.475. The molecule has 15 heavy (non-hydrogen) atoms. The first-order valence-corrected chi connectivity index (χ1v) is 5.17. The van der Waals surface area contributed by atoms with Crippen LogP contribution in [0, 0.1) is 0 Å². The van der Waals surface area contributed by atoms with Crippen molar-refractivity contribution in [1.82, 2.24) is 19.9 Å². The normalized spacial score (nSPS) is 11.5. The predicted molar refractivity (Wildman–Crippen MR) is 60.5 cm³/mol. The molecule has 0 atom stereocenters. The SMILES string of the molecule is CC(C)NCc1nc2ccncc2n1C. The Morgan fingerprint density at radius 3 is 2.93 bits per heavy atom. The van der Waals surface area contributed by atoms with Gasteiger partial charge in [-0.3, -0.25) is 4.98 Å². The summed E-state index contributed by atoms with van der Waals surface area (Å²) < 4.78 is 2.08. The molecule has 4 nitrogen and oxygen atoms in total. The lowest BCUT2D eigenvalue weighted by Gasteiger charge is -2.07. The molecule has 4 heteroatoms. The molecule has 0 fully saturated rings. The third-order valence-electron chi connectivity index (χ3n) is 2.44. The van der Waals surface area contributed by atoms with Crippen molar-refractivity contribution >= 4 is 11.0 Å². The van der Waals surface area contributed by atoms with Gasteiger partial charge in [-0.1, -0.05) is 13.8 Å². The average molecular weight is 204 g/mol. The molecule has 0 aliphatic rings. The fourth-order valence-electron chi connectivity index (χ4n) is 1.54. The molecule has 2 aromatic heterocycles. The Hall–Kier alpha value is -1.42. The van der Waals surface area contributed by atoms with Gasteiger partial charge < -0.3 is 9.88 Å². The van der Waals surface area contributed by atoms with Gasteiger partial charge in [-0.25, -0.2) is 4.98 Å². The van der Waals surface area contributed by atoms with Gasteiger partial charge in [0.1, 0.15) is 5.82 Å². The van der Waals surface area contributed by atoms with E-state index in [9.17, 15) is 0 Å². The van der Waals surface area contributed by atoms with Crippen LogP contribution in [-0.4, -0.2) is 20.6 Å². The summed E-state index contributed by atoms with van der Waals surface area (Å²) in [5.41, 5.74) is 2.09. The van der Waals surface area contributed by atoms with Crippen LogP contribution in [0.25, 0.3) is 11.0 Å². The van der Waals surface area contributed by atoms with Gasteiger partial charge in [0, 0.05) is 19.3 Å². The Bertz CT molecular complexity index is 459. The van der Waals surface area contributed by atoms with Crippen molar-refractivity contribution in [3.63, 3.8) is 0 Å². The average Bonchev–Trinajstić information content (AvgIpc) is 2.54. The van der Waals surface area contributed by atoms with E-state index in [-0.39, 0.29) is 0 Å². The smallest absolute Gasteiger partial charge is 0.123 e. The highest BCUT2D eigenvalue weighted by Crippen LogP contribution is 2.12. The first-order chi connectivity index (χ1) is 7.18. The Morgan fingerprint density at radius 2 is 2.27 bits per heavy atom. The fraction of sp³-hybridized carbons (Fsp3) is 0.455. The summed E-state index contributed by atoms with van der Waals surface area (Å²) >= 11 is 0. The van der Waals surface area contributed by atoms with Gasteiger partial charge in [-0.05, 0) is 6.07 Å². The van der Waals surface area contributed by atoms with Crippen molar-refractivity contribution in [3.05, 3.63) is 24.3 Å². The van der Waals surface area contributed by atoms with Crippen LogP contribution in [0.4, 0.5) is 0 Å². The number of aromatic nitrogens is 3. The van der Waals surface area contributed by atoms with Gasteiger partial charge in [0.05, 0.1) is 23.8 Å². The van der Waals surface area contributed by atoms with Gasteiger partial charge in [-0.15, -0.1) is 0 Å². The van der Waals surface area contributed by atoms with Gasteiger partial charge in [0.15, 0.2) is 0 Å². The lowest BCUT2D eigenvalue weighted by atomic mass is 10.4. The number of rotatable bonds is 3. The number of hydrogen-bond acceptors (Lipinski definition) is 3. The van der Waals surface area contributed by atoms with E-state index in [1.165, 1.54) is 0 Å². The minimum Gasteiger partial charge on any atom is -0.329 e. The van der Waals surface area contributed by atoms with Crippen LogP contribution in [0.3, 0.4) is 0 Å². The molecule has 0 aliphatic heterocycles. The predicted octanol–water partition coefficient (Wildman–Crippen LogP) is 1.47. The second kappa shape index (κ2) is 3.98. The number of pyridine rings is 1. The van der Waals surface area contributed by atoms with E-state index in [1.807, 2.05) is 19.3 Å². The Morgan fingerprint density at radius 1 is 1.47 bits per heavy atom. The van der Waals surface area contributed by atoms with Gasteiger partial charge in [0.2, 0.25) is 0 Å². The molecule has 0 unspecified atom stereocenters. The number of nitrogens with zero attached hydrogens (tertiary/aromatic N) is 3. The Labute approximate surface area is 89.3 Å². The van der Waals surface area contributed by atoms with Crippen molar-refractivity contribution in [2.75, 3.05) is 0 Å². The minimum absolute atomic E-state index is 0.475. The molecule has 0 saturated carbocycles. The first-order valence-electron chi connectivity index (χ1n) is 5.17. The van der Waals surface area contributed by atoms with Gasteiger partial charge >= 0.3 is 0 Å². The molecule has 0 spiro atoms. The lowest BCUT2D eigenvalue weighted by molar-refractivity contribution is 0.563. The standard InChI is InChI=1S/C11H16N4/c1-8(2)13-7-11-14-9-4-5-12-6-10(9)15(11)3/h4-6,8,13H,7H2,1-3H3. The summed E-state index contributed by atoms with van der Waals surface area (Å²) in [6, 6.07) is 2.41. The van der Waals surface area contributed by atoms with E-state index in [0.29, 0.717) is 6.04 Å². The summed E-state index contributed by atoms with van der Waals surface area (Å²) in [6.45, 7) is 5.05. The molecule has 2 rings (SSSR count). The van der Waals surface area contributed by atoms with E-state index in [0.717, 1.165) is 23.4 Å². The highest BCUT2D eigenvalue weighted by molar-refractivity contribution is 5.74. The summed E-state index contributed by atoms with van der Waals surface area (Å²) in [5.74, 6) is 1.05. The van der Waals surface area contributed by atoms with Crippen molar-refractivity contribution in [1.29, 1.82) is 0 Å². The van der Waals surface area contributed by atoms with E-state index < -0.39 is 0 Å². The quantitative estimate of drug-likeness (QED) is 0.823. The van der Waals surface area contributed by atoms with Crippen LogP contribution >= 0.6 is 0 Å². The van der Waals surface area contributed by atoms with Crippen molar-refractivity contribution < 1.29 is 0 Å². The molecule has 2 heterocycles. The number of hydrogen-bond donors (Lipinski definition) is 1. The second-order valence-corrected chi connectivity index (χ2v) is 3.99. The molecular formula is C11H16N4. The lowest BCUT2D eigenvalue weighted by Crippen LogP contribution is -2.23. The monoisotopic (exact) mass is 204 g/mol. The van der Waals surface area contributed by atoms with E-state index in [1.54, 1.807) is 6.20 Å². The first kappa shape index (κ1) is 10.1. The van der Waals surface area contributed by atoms with Crippen LogP contribution in [0.2, 0.25) is 0 Å². The number of aryl methyl sites for hydroxylation is 1. The second-order valence-electron chi connectivity index (χ2n) is 3.99. The highest BCUT2D eigenvalue weighted by atomic mass is 15.1. The van der Waals surface area contributed by atoms with Crippen LogP contribution in [-0.2, 0) is 13.6 Å². The highest BCUT2D eigenvalue weighted by Gasteiger charge is 2.06.